The SMILES string of the molecule is O=c1c(CN2CC[C@@H](F)C2)ccc2n1C[C@H]1C[C@@H]2CN(Cc2ccc3occc3c2)C1. The van der Waals surface area contributed by atoms with E-state index in [2.05, 4.69) is 34.1 Å². The summed E-state index contributed by atoms with van der Waals surface area (Å²) in [4.78, 5) is 17.8. The first kappa shape index (κ1) is 19.3. The van der Waals surface area contributed by atoms with Crippen molar-refractivity contribution in [1.82, 2.24) is 14.4 Å². The van der Waals surface area contributed by atoms with Gasteiger partial charge in [0.05, 0.1) is 6.26 Å². The average molecular weight is 422 g/mol. The van der Waals surface area contributed by atoms with Gasteiger partial charge in [-0.25, -0.2) is 4.39 Å². The van der Waals surface area contributed by atoms with E-state index >= 15 is 0 Å². The Labute approximate surface area is 181 Å². The summed E-state index contributed by atoms with van der Waals surface area (Å²) in [5.74, 6) is 0.896. The number of halogens is 1. The number of fused-ring (bicyclic) bond motifs is 5. The van der Waals surface area contributed by atoms with E-state index in [0.717, 1.165) is 55.7 Å². The molecule has 5 heterocycles. The van der Waals surface area contributed by atoms with Crippen LogP contribution < -0.4 is 5.56 Å². The van der Waals surface area contributed by atoms with Gasteiger partial charge in [0, 0.05) is 68.4 Å². The maximum absolute atomic E-state index is 13.5. The molecule has 0 N–H and O–H groups in total. The van der Waals surface area contributed by atoms with Crippen molar-refractivity contribution in [2.24, 2.45) is 5.92 Å². The lowest BCUT2D eigenvalue weighted by atomic mass is 9.82. The zero-order valence-electron chi connectivity index (χ0n) is 17.7. The summed E-state index contributed by atoms with van der Waals surface area (Å²) in [6.07, 6.45) is 2.73. The van der Waals surface area contributed by atoms with Gasteiger partial charge < -0.3 is 8.98 Å². The molecule has 5 nitrogen and oxygen atoms in total. The van der Waals surface area contributed by atoms with Gasteiger partial charge in [-0.15, -0.1) is 0 Å². The molecule has 3 atom stereocenters. The predicted octanol–water partition coefficient (Wildman–Crippen LogP) is 3.76. The Morgan fingerprint density at radius 2 is 1.94 bits per heavy atom. The summed E-state index contributed by atoms with van der Waals surface area (Å²) < 4.78 is 21.0. The molecule has 3 aliphatic rings. The number of furan rings is 1. The van der Waals surface area contributed by atoms with Gasteiger partial charge in [-0.3, -0.25) is 14.6 Å². The summed E-state index contributed by atoms with van der Waals surface area (Å²) >= 11 is 0. The van der Waals surface area contributed by atoms with E-state index < -0.39 is 6.17 Å². The number of hydrogen-bond donors (Lipinski definition) is 0. The third-order valence-electron chi connectivity index (χ3n) is 7.29. The molecular weight excluding hydrogens is 393 g/mol. The maximum Gasteiger partial charge on any atom is 0.255 e. The Bertz CT molecular complexity index is 1170. The van der Waals surface area contributed by atoms with Crippen molar-refractivity contribution in [1.29, 1.82) is 0 Å². The van der Waals surface area contributed by atoms with Crippen molar-refractivity contribution >= 4 is 11.0 Å². The number of likely N-dealkylation sites (tertiary alicyclic amines) is 2. The molecule has 2 aromatic heterocycles. The quantitative estimate of drug-likeness (QED) is 0.643. The zero-order chi connectivity index (χ0) is 20.9. The van der Waals surface area contributed by atoms with Crippen LogP contribution in [-0.4, -0.2) is 46.7 Å². The molecule has 162 valence electrons. The summed E-state index contributed by atoms with van der Waals surface area (Å²) in [6, 6.07) is 12.6. The highest BCUT2D eigenvalue weighted by molar-refractivity contribution is 5.77. The highest BCUT2D eigenvalue weighted by Gasteiger charge is 2.35. The normalized spacial score (nSPS) is 26.4. The molecule has 2 saturated heterocycles. The van der Waals surface area contributed by atoms with Crippen LogP contribution in [0.2, 0.25) is 0 Å². The summed E-state index contributed by atoms with van der Waals surface area (Å²) in [5.41, 5.74) is 4.35. The Balaban J connectivity index is 1.20. The van der Waals surface area contributed by atoms with Crippen LogP contribution in [0.4, 0.5) is 4.39 Å². The van der Waals surface area contributed by atoms with E-state index in [9.17, 15) is 9.18 Å². The van der Waals surface area contributed by atoms with Crippen LogP contribution >= 0.6 is 0 Å². The van der Waals surface area contributed by atoms with Crippen LogP contribution in [0.1, 0.15) is 35.6 Å². The lowest BCUT2D eigenvalue weighted by Gasteiger charge is -2.43. The van der Waals surface area contributed by atoms with Crippen LogP contribution in [0.15, 0.2) is 51.9 Å². The molecule has 0 amide bonds. The predicted molar refractivity (Wildman–Crippen MR) is 118 cm³/mol. The highest BCUT2D eigenvalue weighted by atomic mass is 19.1. The van der Waals surface area contributed by atoms with Crippen molar-refractivity contribution in [3.05, 3.63) is 69.8 Å². The molecule has 0 saturated carbocycles. The maximum atomic E-state index is 13.5. The monoisotopic (exact) mass is 421 g/mol. The van der Waals surface area contributed by atoms with Gasteiger partial charge in [-0.1, -0.05) is 12.1 Å². The first-order valence-corrected chi connectivity index (χ1v) is 11.4. The molecule has 31 heavy (non-hydrogen) atoms. The minimum absolute atomic E-state index is 0.133. The van der Waals surface area contributed by atoms with Crippen molar-refractivity contribution < 1.29 is 8.81 Å². The second-order valence-electron chi connectivity index (χ2n) is 9.61. The smallest absolute Gasteiger partial charge is 0.255 e. The Hall–Kier alpha value is -2.44. The highest BCUT2D eigenvalue weighted by Crippen LogP contribution is 2.36. The third kappa shape index (κ3) is 3.62. The molecule has 0 aliphatic carbocycles. The van der Waals surface area contributed by atoms with E-state index in [4.69, 9.17) is 4.42 Å². The number of nitrogens with zero attached hydrogens (tertiary/aromatic N) is 3. The second kappa shape index (κ2) is 7.61. The largest absolute Gasteiger partial charge is 0.464 e. The molecule has 1 aromatic carbocycles. The van der Waals surface area contributed by atoms with E-state index in [0.29, 0.717) is 31.3 Å². The van der Waals surface area contributed by atoms with Crippen molar-refractivity contribution in [3.8, 4) is 0 Å². The molecule has 0 spiro atoms. The number of hydrogen-bond acceptors (Lipinski definition) is 4. The second-order valence-corrected chi connectivity index (χ2v) is 9.61. The topological polar surface area (TPSA) is 41.6 Å². The Kier molecular flexibility index (Phi) is 4.73. The minimum atomic E-state index is -0.750. The molecule has 0 radical (unpaired) electrons. The fraction of sp³-hybridized carbons (Fsp3) is 0.480. The Morgan fingerprint density at radius 1 is 1.00 bits per heavy atom. The molecule has 6 heteroatoms. The number of aromatic nitrogens is 1. The first-order valence-electron chi connectivity index (χ1n) is 11.4. The molecular formula is C25H28FN3O2. The number of piperidine rings is 1. The van der Waals surface area contributed by atoms with Gasteiger partial charge in [-0.2, -0.15) is 0 Å². The first-order chi connectivity index (χ1) is 15.1. The van der Waals surface area contributed by atoms with E-state index in [-0.39, 0.29) is 5.56 Å². The fourth-order valence-corrected chi connectivity index (χ4v) is 5.88. The van der Waals surface area contributed by atoms with Crippen molar-refractivity contribution in [2.75, 3.05) is 26.2 Å². The van der Waals surface area contributed by atoms with Gasteiger partial charge >= 0.3 is 0 Å². The lowest BCUT2D eigenvalue weighted by molar-refractivity contribution is 0.114. The molecule has 3 aromatic rings. The molecule has 2 bridgehead atoms. The van der Waals surface area contributed by atoms with Crippen LogP contribution in [0.3, 0.4) is 0 Å². The van der Waals surface area contributed by atoms with Crippen LogP contribution in [-0.2, 0) is 19.6 Å². The zero-order valence-corrected chi connectivity index (χ0v) is 17.7. The van der Waals surface area contributed by atoms with Crippen molar-refractivity contribution in [3.63, 3.8) is 0 Å². The van der Waals surface area contributed by atoms with Gasteiger partial charge in [0.1, 0.15) is 11.8 Å². The molecule has 0 unspecified atom stereocenters. The molecule has 2 fully saturated rings. The summed E-state index contributed by atoms with van der Waals surface area (Å²) in [5, 5.41) is 1.15. The van der Waals surface area contributed by atoms with Crippen LogP contribution in [0.25, 0.3) is 11.0 Å². The molecule has 3 aliphatic heterocycles. The van der Waals surface area contributed by atoms with Gasteiger partial charge in [-0.05, 0) is 48.6 Å². The summed E-state index contributed by atoms with van der Waals surface area (Å²) in [6.45, 7) is 5.48. The van der Waals surface area contributed by atoms with E-state index in [1.807, 2.05) is 16.7 Å². The minimum Gasteiger partial charge on any atom is -0.464 e. The number of pyridine rings is 1. The number of alkyl halides is 1. The van der Waals surface area contributed by atoms with Crippen LogP contribution in [0, 0.1) is 5.92 Å². The number of benzene rings is 1. The van der Waals surface area contributed by atoms with Gasteiger partial charge in [0.25, 0.3) is 5.56 Å². The standard InChI is InChI=1S/C25H28FN3O2/c26-22-5-7-27(16-22)14-20-2-3-23-21-10-18(13-29(23)25(20)30)12-28(15-21)11-17-1-4-24-19(9-17)6-8-31-24/h1-4,6,8-9,18,21-22H,5,7,10-16H2/t18-,21+,22+/m0/s1. The van der Waals surface area contributed by atoms with Crippen molar-refractivity contribution in [2.45, 2.75) is 44.6 Å². The number of rotatable bonds is 4. The summed E-state index contributed by atoms with van der Waals surface area (Å²) in [7, 11) is 0. The van der Waals surface area contributed by atoms with E-state index in [1.165, 1.54) is 11.3 Å². The van der Waals surface area contributed by atoms with Gasteiger partial charge in [0.15, 0.2) is 0 Å². The molecule has 6 rings (SSSR count). The van der Waals surface area contributed by atoms with Crippen LogP contribution in [0.5, 0.6) is 0 Å². The van der Waals surface area contributed by atoms with E-state index in [1.54, 1.807) is 6.26 Å². The Morgan fingerprint density at radius 3 is 2.81 bits per heavy atom. The fourth-order valence-electron chi connectivity index (χ4n) is 5.88. The third-order valence-corrected chi connectivity index (χ3v) is 7.29. The lowest BCUT2D eigenvalue weighted by Crippen LogP contribution is -2.47. The average Bonchev–Trinajstić information content (AvgIpc) is 3.38. The van der Waals surface area contributed by atoms with Gasteiger partial charge in [0.2, 0.25) is 0 Å².